The first-order valence-electron chi connectivity index (χ1n) is 7.44. The molecule has 0 spiro atoms. The Labute approximate surface area is 155 Å². The molecular weight excluding hydrogens is 359 g/mol. The zero-order valence-corrected chi connectivity index (χ0v) is 14.8. The number of carbonyl (C=O) groups is 1. The highest BCUT2D eigenvalue weighted by molar-refractivity contribution is 6.42. The molecule has 0 aliphatic carbocycles. The van der Waals surface area contributed by atoms with E-state index in [4.69, 9.17) is 23.2 Å². The van der Waals surface area contributed by atoms with E-state index in [1.807, 2.05) is 6.07 Å². The number of anilines is 4. The van der Waals surface area contributed by atoms with Crippen LogP contribution in [0.3, 0.4) is 0 Å². The van der Waals surface area contributed by atoms with Gasteiger partial charge < -0.3 is 10.6 Å². The Bertz CT molecular complexity index is 930. The van der Waals surface area contributed by atoms with Crippen molar-refractivity contribution >= 4 is 52.1 Å². The van der Waals surface area contributed by atoms with Crippen molar-refractivity contribution < 1.29 is 4.79 Å². The van der Waals surface area contributed by atoms with Gasteiger partial charge in [0, 0.05) is 23.1 Å². The summed E-state index contributed by atoms with van der Waals surface area (Å²) in [5.41, 5.74) is 2.12. The van der Waals surface area contributed by atoms with Crippen molar-refractivity contribution in [3.05, 3.63) is 70.3 Å². The lowest BCUT2D eigenvalue weighted by atomic mass is 10.1. The molecule has 1 aromatic heterocycles. The van der Waals surface area contributed by atoms with Gasteiger partial charge in [0.05, 0.1) is 10.0 Å². The van der Waals surface area contributed by atoms with Gasteiger partial charge in [-0.2, -0.15) is 4.98 Å². The number of ketones is 1. The van der Waals surface area contributed by atoms with Crippen LogP contribution in [-0.4, -0.2) is 15.8 Å². The molecule has 0 fully saturated rings. The second-order valence-corrected chi connectivity index (χ2v) is 6.10. The zero-order valence-electron chi connectivity index (χ0n) is 13.3. The number of carbonyl (C=O) groups excluding carboxylic acids is 1. The summed E-state index contributed by atoms with van der Waals surface area (Å²) in [7, 11) is 0. The minimum Gasteiger partial charge on any atom is -0.340 e. The molecule has 1 heterocycles. The number of rotatable bonds is 5. The van der Waals surface area contributed by atoms with Crippen molar-refractivity contribution in [2.75, 3.05) is 10.6 Å². The van der Waals surface area contributed by atoms with E-state index in [1.54, 1.807) is 48.7 Å². The van der Waals surface area contributed by atoms with Gasteiger partial charge in [-0.25, -0.2) is 4.98 Å². The van der Waals surface area contributed by atoms with Crippen LogP contribution in [0, 0.1) is 0 Å². The van der Waals surface area contributed by atoms with Gasteiger partial charge in [0.1, 0.15) is 5.82 Å². The molecule has 3 aromatic rings. The van der Waals surface area contributed by atoms with Crippen LogP contribution in [0.25, 0.3) is 0 Å². The SMILES string of the molecule is CC(=O)c1cccc(Nc2nccc(Nc3ccc(Cl)c(Cl)c3)n2)c1. The van der Waals surface area contributed by atoms with E-state index in [0.29, 0.717) is 27.4 Å². The Kier molecular flexibility index (Phi) is 5.16. The van der Waals surface area contributed by atoms with E-state index in [0.717, 1.165) is 11.4 Å². The molecule has 0 atom stereocenters. The van der Waals surface area contributed by atoms with Gasteiger partial charge in [-0.1, -0.05) is 35.3 Å². The summed E-state index contributed by atoms with van der Waals surface area (Å²) in [4.78, 5) is 20.1. The first-order valence-corrected chi connectivity index (χ1v) is 8.20. The maximum absolute atomic E-state index is 11.5. The predicted octanol–water partition coefficient (Wildman–Crippen LogP) is 5.47. The van der Waals surface area contributed by atoms with Crippen molar-refractivity contribution in [1.29, 1.82) is 0 Å². The fourth-order valence-electron chi connectivity index (χ4n) is 2.16. The fraction of sp³-hybridized carbons (Fsp3) is 0.0556. The quantitative estimate of drug-likeness (QED) is 0.580. The number of benzene rings is 2. The molecule has 0 unspecified atom stereocenters. The molecular formula is C18H14Cl2N4O. The molecule has 0 aliphatic heterocycles. The fourth-order valence-corrected chi connectivity index (χ4v) is 2.45. The van der Waals surface area contributed by atoms with Gasteiger partial charge in [0.15, 0.2) is 5.78 Å². The first-order chi connectivity index (χ1) is 12.0. The highest BCUT2D eigenvalue weighted by Gasteiger charge is 2.05. The molecule has 3 rings (SSSR count). The second kappa shape index (κ2) is 7.51. The number of nitrogens with one attached hydrogen (secondary N) is 2. The minimum atomic E-state index is -0.000368. The molecule has 0 radical (unpaired) electrons. The Morgan fingerprint density at radius 2 is 1.76 bits per heavy atom. The van der Waals surface area contributed by atoms with Gasteiger partial charge in [-0.3, -0.25) is 4.79 Å². The normalized spacial score (nSPS) is 10.4. The molecule has 126 valence electrons. The number of Topliss-reactive ketones (excluding diaryl/α,β-unsaturated/α-hetero) is 1. The second-order valence-electron chi connectivity index (χ2n) is 5.28. The molecule has 25 heavy (non-hydrogen) atoms. The lowest BCUT2D eigenvalue weighted by Gasteiger charge is -2.09. The topological polar surface area (TPSA) is 66.9 Å². The van der Waals surface area contributed by atoms with Crippen LogP contribution in [0.2, 0.25) is 10.0 Å². The number of aromatic nitrogens is 2. The Morgan fingerprint density at radius 3 is 2.52 bits per heavy atom. The Balaban J connectivity index is 1.78. The molecule has 7 heteroatoms. The summed E-state index contributed by atoms with van der Waals surface area (Å²) in [5.74, 6) is 1.00. The number of halogens is 2. The van der Waals surface area contributed by atoms with Crippen LogP contribution in [0.15, 0.2) is 54.7 Å². The summed E-state index contributed by atoms with van der Waals surface area (Å²) in [6, 6.07) is 14.1. The van der Waals surface area contributed by atoms with Crippen LogP contribution in [0.1, 0.15) is 17.3 Å². The third-order valence-electron chi connectivity index (χ3n) is 3.37. The van der Waals surface area contributed by atoms with E-state index in [9.17, 15) is 4.79 Å². The average Bonchev–Trinajstić information content (AvgIpc) is 2.59. The average molecular weight is 373 g/mol. The Morgan fingerprint density at radius 1 is 0.960 bits per heavy atom. The molecule has 0 amide bonds. The minimum absolute atomic E-state index is 0.000368. The number of nitrogens with zero attached hydrogens (tertiary/aromatic N) is 2. The van der Waals surface area contributed by atoms with Crippen molar-refractivity contribution in [2.24, 2.45) is 0 Å². The molecule has 0 aliphatic rings. The molecule has 0 bridgehead atoms. The van der Waals surface area contributed by atoms with Crippen molar-refractivity contribution in [3.8, 4) is 0 Å². The van der Waals surface area contributed by atoms with Crippen LogP contribution < -0.4 is 10.6 Å². The van der Waals surface area contributed by atoms with E-state index < -0.39 is 0 Å². The summed E-state index contributed by atoms with van der Waals surface area (Å²) in [5, 5.41) is 7.17. The highest BCUT2D eigenvalue weighted by Crippen LogP contribution is 2.26. The maximum Gasteiger partial charge on any atom is 0.229 e. The van der Waals surface area contributed by atoms with Crippen molar-refractivity contribution in [3.63, 3.8) is 0 Å². The summed E-state index contributed by atoms with van der Waals surface area (Å²) >= 11 is 11.9. The van der Waals surface area contributed by atoms with E-state index in [2.05, 4.69) is 20.6 Å². The monoisotopic (exact) mass is 372 g/mol. The highest BCUT2D eigenvalue weighted by atomic mass is 35.5. The van der Waals surface area contributed by atoms with Crippen LogP contribution >= 0.6 is 23.2 Å². The molecule has 5 nitrogen and oxygen atoms in total. The third-order valence-corrected chi connectivity index (χ3v) is 4.11. The largest absolute Gasteiger partial charge is 0.340 e. The van der Waals surface area contributed by atoms with Gasteiger partial charge in [-0.15, -0.1) is 0 Å². The summed E-state index contributed by atoms with van der Waals surface area (Å²) in [6.45, 7) is 1.53. The van der Waals surface area contributed by atoms with Crippen LogP contribution in [-0.2, 0) is 0 Å². The Hall–Kier alpha value is -2.63. The first kappa shape index (κ1) is 17.2. The van der Waals surface area contributed by atoms with E-state index >= 15 is 0 Å². The van der Waals surface area contributed by atoms with Crippen molar-refractivity contribution in [1.82, 2.24) is 9.97 Å². The maximum atomic E-state index is 11.5. The van der Waals surface area contributed by atoms with Crippen molar-refractivity contribution in [2.45, 2.75) is 6.92 Å². The summed E-state index contributed by atoms with van der Waals surface area (Å²) in [6.07, 6.45) is 1.63. The molecule has 2 aromatic carbocycles. The molecule has 0 saturated heterocycles. The standard InChI is InChI=1S/C18H14Cl2N4O/c1-11(25)12-3-2-4-13(9-12)23-18-21-8-7-17(24-18)22-14-5-6-15(19)16(20)10-14/h2-10H,1H3,(H2,21,22,23,24). The summed E-state index contributed by atoms with van der Waals surface area (Å²) < 4.78 is 0. The smallest absolute Gasteiger partial charge is 0.229 e. The van der Waals surface area contributed by atoms with Gasteiger partial charge >= 0.3 is 0 Å². The molecule has 0 saturated carbocycles. The lowest BCUT2D eigenvalue weighted by molar-refractivity contribution is 0.101. The van der Waals surface area contributed by atoms with Gasteiger partial charge in [0.2, 0.25) is 5.95 Å². The van der Waals surface area contributed by atoms with Gasteiger partial charge in [-0.05, 0) is 43.3 Å². The van der Waals surface area contributed by atoms with E-state index in [-0.39, 0.29) is 5.78 Å². The lowest BCUT2D eigenvalue weighted by Crippen LogP contribution is -2.01. The zero-order chi connectivity index (χ0) is 17.8. The molecule has 2 N–H and O–H groups in total. The predicted molar refractivity (Wildman–Crippen MR) is 102 cm³/mol. The third kappa shape index (κ3) is 4.47. The number of hydrogen-bond acceptors (Lipinski definition) is 5. The van der Waals surface area contributed by atoms with Crippen LogP contribution in [0.5, 0.6) is 0 Å². The van der Waals surface area contributed by atoms with E-state index in [1.165, 1.54) is 6.92 Å². The van der Waals surface area contributed by atoms with Gasteiger partial charge in [0.25, 0.3) is 0 Å². The number of hydrogen-bond donors (Lipinski definition) is 2. The van der Waals surface area contributed by atoms with Crippen LogP contribution in [0.4, 0.5) is 23.1 Å².